The van der Waals surface area contributed by atoms with Crippen LogP contribution in [0.3, 0.4) is 0 Å². The van der Waals surface area contributed by atoms with Crippen molar-refractivity contribution in [2.75, 3.05) is 7.11 Å². The molecule has 0 aromatic heterocycles. The first kappa shape index (κ1) is 8.12. The zero-order chi connectivity index (χ0) is 8.10. The van der Waals surface area contributed by atoms with Gasteiger partial charge in [-0.25, -0.2) is 0 Å². The summed E-state index contributed by atoms with van der Waals surface area (Å²) >= 11 is 0. The maximum atomic E-state index is 5.15. The van der Waals surface area contributed by atoms with Crippen molar-refractivity contribution in [3.05, 3.63) is 35.6 Å². The van der Waals surface area contributed by atoms with Crippen molar-refractivity contribution in [3.8, 4) is 0 Å². The Hall–Kier alpha value is -0.980. The molecule has 1 aliphatic carbocycles. The summed E-state index contributed by atoms with van der Waals surface area (Å²) in [5.74, 6) is 0.979. The summed E-state index contributed by atoms with van der Waals surface area (Å²) in [6.07, 6.45) is 10.5. The molecule has 0 saturated heterocycles. The lowest BCUT2D eigenvalue weighted by Gasteiger charge is -1.99. The lowest BCUT2D eigenvalue weighted by Crippen LogP contribution is -1.82. The average Bonchev–Trinajstić information content (AvgIpc) is 2.28. The van der Waals surface area contributed by atoms with Crippen molar-refractivity contribution in [2.45, 2.75) is 19.8 Å². The van der Waals surface area contributed by atoms with Crippen LogP contribution in [0.25, 0.3) is 0 Å². The lowest BCUT2D eigenvalue weighted by atomic mass is 10.2. The van der Waals surface area contributed by atoms with Crippen LogP contribution in [0.1, 0.15) is 19.8 Å². The van der Waals surface area contributed by atoms with E-state index in [9.17, 15) is 0 Å². The molecule has 11 heavy (non-hydrogen) atoms. The Morgan fingerprint density at radius 1 is 1.55 bits per heavy atom. The van der Waals surface area contributed by atoms with Crippen LogP contribution in [0.2, 0.25) is 0 Å². The Bertz CT molecular complexity index is 209. The molecule has 0 N–H and O–H groups in total. The van der Waals surface area contributed by atoms with Crippen molar-refractivity contribution in [1.29, 1.82) is 0 Å². The first-order valence-electron chi connectivity index (χ1n) is 3.98. The number of hydrogen-bond acceptors (Lipinski definition) is 1. The van der Waals surface area contributed by atoms with Crippen molar-refractivity contribution >= 4 is 0 Å². The summed E-state index contributed by atoms with van der Waals surface area (Å²) in [6.45, 7) is 2.15. The zero-order valence-corrected chi connectivity index (χ0v) is 7.13. The minimum absolute atomic E-state index is 0.975. The highest BCUT2D eigenvalue weighted by Crippen LogP contribution is 2.13. The minimum atomic E-state index is 0.975. The highest BCUT2D eigenvalue weighted by Gasteiger charge is 1.96. The molecule has 0 aromatic carbocycles. The molecule has 0 spiro atoms. The highest BCUT2D eigenvalue weighted by atomic mass is 16.5. The number of ether oxygens (including phenoxy) is 1. The van der Waals surface area contributed by atoms with Gasteiger partial charge >= 0.3 is 0 Å². The molecule has 1 rings (SSSR count). The van der Waals surface area contributed by atoms with Gasteiger partial charge in [0.2, 0.25) is 0 Å². The van der Waals surface area contributed by atoms with Crippen LogP contribution in [0.5, 0.6) is 0 Å². The van der Waals surface area contributed by atoms with Gasteiger partial charge in [0.25, 0.3) is 0 Å². The van der Waals surface area contributed by atoms with E-state index >= 15 is 0 Å². The third-order valence-electron chi connectivity index (χ3n) is 1.76. The number of rotatable bonds is 2. The fourth-order valence-corrected chi connectivity index (χ4v) is 1.06. The molecule has 0 amide bonds. The van der Waals surface area contributed by atoms with E-state index in [-0.39, 0.29) is 0 Å². The topological polar surface area (TPSA) is 9.23 Å². The molecule has 0 bridgehead atoms. The predicted molar refractivity (Wildman–Crippen MR) is 47.2 cm³/mol. The molecule has 0 aliphatic heterocycles. The summed E-state index contributed by atoms with van der Waals surface area (Å²) in [5.41, 5.74) is 1.33. The van der Waals surface area contributed by atoms with Gasteiger partial charge in [0, 0.05) is 0 Å². The summed E-state index contributed by atoms with van der Waals surface area (Å²) in [7, 11) is 1.71. The molecule has 0 fully saturated rings. The van der Waals surface area contributed by atoms with Gasteiger partial charge < -0.3 is 4.74 Å². The Morgan fingerprint density at radius 2 is 2.36 bits per heavy atom. The average molecular weight is 150 g/mol. The van der Waals surface area contributed by atoms with Gasteiger partial charge in [-0.3, -0.25) is 0 Å². The van der Waals surface area contributed by atoms with E-state index in [0.717, 1.165) is 18.6 Å². The molecule has 1 aliphatic rings. The Morgan fingerprint density at radius 3 is 3.00 bits per heavy atom. The maximum Gasteiger partial charge on any atom is 0.115 e. The van der Waals surface area contributed by atoms with Crippen LogP contribution >= 0.6 is 0 Å². The number of allylic oxidation sites excluding steroid dienone is 5. The van der Waals surface area contributed by atoms with Crippen molar-refractivity contribution < 1.29 is 4.74 Å². The van der Waals surface area contributed by atoms with E-state index in [0.29, 0.717) is 0 Å². The maximum absolute atomic E-state index is 5.15. The molecular formula is C10H14O. The first-order valence-corrected chi connectivity index (χ1v) is 3.98. The van der Waals surface area contributed by atoms with Crippen LogP contribution in [-0.4, -0.2) is 7.11 Å². The normalized spacial score (nSPS) is 16.9. The fourth-order valence-electron chi connectivity index (χ4n) is 1.06. The van der Waals surface area contributed by atoms with Crippen LogP contribution in [0.4, 0.5) is 0 Å². The molecule has 0 saturated carbocycles. The molecule has 0 atom stereocenters. The number of methoxy groups -OCH3 is 1. The molecule has 1 nitrogen and oxygen atoms in total. The van der Waals surface area contributed by atoms with E-state index in [4.69, 9.17) is 4.74 Å². The van der Waals surface area contributed by atoms with Crippen LogP contribution < -0.4 is 0 Å². The monoisotopic (exact) mass is 150 g/mol. The first-order chi connectivity index (χ1) is 5.36. The summed E-state index contributed by atoms with van der Waals surface area (Å²) in [6, 6.07) is 0. The van der Waals surface area contributed by atoms with Gasteiger partial charge in [0.05, 0.1) is 7.11 Å². The van der Waals surface area contributed by atoms with Crippen LogP contribution in [0.15, 0.2) is 35.6 Å². The molecule has 0 unspecified atom stereocenters. The fraction of sp³-hybridized carbons (Fsp3) is 0.400. The van der Waals surface area contributed by atoms with Gasteiger partial charge in [-0.1, -0.05) is 19.1 Å². The Balaban J connectivity index is 2.77. The molecule has 0 heterocycles. The smallest absolute Gasteiger partial charge is 0.115 e. The molecular weight excluding hydrogens is 136 g/mol. The van der Waals surface area contributed by atoms with Crippen LogP contribution in [-0.2, 0) is 4.74 Å². The van der Waals surface area contributed by atoms with Gasteiger partial charge in [0.15, 0.2) is 0 Å². The van der Waals surface area contributed by atoms with E-state index in [1.165, 1.54) is 5.57 Å². The summed E-state index contributed by atoms with van der Waals surface area (Å²) in [5, 5.41) is 0. The summed E-state index contributed by atoms with van der Waals surface area (Å²) in [4.78, 5) is 0. The van der Waals surface area contributed by atoms with Gasteiger partial charge in [-0.15, -0.1) is 0 Å². The molecule has 60 valence electrons. The number of hydrogen-bond donors (Lipinski definition) is 0. The quantitative estimate of drug-likeness (QED) is 0.588. The second kappa shape index (κ2) is 4.02. The van der Waals surface area contributed by atoms with Crippen molar-refractivity contribution in [2.24, 2.45) is 0 Å². The van der Waals surface area contributed by atoms with E-state index in [1.807, 2.05) is 0 Å². The van der Waals surface area contributed by atoms with E-state index in [2.05, 4.69) is 31.2 Å². The summed E-state index contributed by atoms with van der Waals surface area (Å²) < 4.78 is 5.15. The Kier molecular flexibility index (Phi) is 2.96. The van der Waals surface area contributed by atoms with Crippen molar-refractivity contribution in [1.82, 2.24) is 0 Å². The molecule has 0 radical (unpaired) electrons. The molecule has 0 aromatic rings. The van der Waals surface area contributed by atoms with Crippen molar-refractivity contribution in [3.63, 3.8) is 0 Å². The predicted octanol–water partition coefficient (Wildman–Crippen LogP) is 2.81. The van der Waals surface area contributed by atoms with Gasteiger partial charge in [0.1, 0.15) is 5.76 Å². The largest absolute Gasteiger partial charge is 0.497 e. The minimum Gasteiger partial charge on any atom is -0.497 e. The van der Waals surface area contributed by atoms with Gasteiger partial charge in [-0.2, -0.15) is 0 Å². The van der Waals surface area contributed by atoms with Crippen LogP contribution in [0, 0.1) is 0 Å². The third-order valence-corrected chi connectivity index (χ3v) is 1.76. The van der Waals surface area contributed by atoms with E-state index < -0.39 is 0 Å². The second-order valence-corrected chi connectivity index (χ2v) is 2.52. The molecule has 1 heteroatoms. The highest BCUT2D eigenvalue weighted by molar-refractivity contribution is 5.30. The lowest BCUT2D eigenvalue weighted by molar-refractivity contribution is 0.305. The zero-order valence-electron chi connectivity index (χ0n) is 7.13. The third kappa shape index (κ3) is 2.26. The second-order valence-electron chi connectivity index (χ2n) is 2.52. The van der Waals surface area contributed by atoms with E-state index in [1.54, 1.807) is 7.11 Å². The Labute approximate surface area is 68.1 Å². The SMILES string of the molecule is CCC1=CC(OC)=CCC=C1. The van der Waals surface area contributed by atoms with Gasteiger partial charge in [-0.05, 0) is 30.6 Å². The standard InChI is InChI=1S/C10H14O/c1-3-9-6-4-5-7-10(8-9)11-2/h4,6-8H,3,5H2,1-2H3.